The van der Waals surface area contributed by atoms with Gasteiger partial charge in [-0.2, -0.15) is 5.10 Å². The van der Waals surface area contributed by atoms with Crippen molar-refractivity contribution in [3.63, 3.8) is 0 Å². The van der Waals surface area contributed by atoms with Crippen LogP contribution in [0, 0.1) is 11.8 Å². The topological polar surface area (TPSA) is 42.7 Å². The van der Waals surface area contributed by atoms with E-state index in [1.807, 2.05) is 0 Å². The van der Waals surface area contributed by atoms with Crippen molar-refractivity contribution in [2.45, 2.75) is 72.9 Å². The van der Waals surface area contributed by atoms with Crippen LogP contribution < -0.4 is 5.32 Å². The number of hydrogen-bond acceptors (Lipinski definition) is 3. The summed E-state index contributed by atoms with van der Waals surface area (Å²) in [5.74, 6) is 2.48. The van der Waals surface area contributed by atoms with E-state index < -0.39 is 0 Å². The lowest BCUT2D eigenvalue weighted by molar-refractivity contribution is 0.403. The molecule has 4 nitrogen and oxygen atoms in total. The predicted octanol–water partition coefficient (Wildman–Crippen LogP) is 3.28. The van der Waals surface area contributed by atoms with E-state index in [-0.39, 0.29) is 0 Å². The van der Waals surface area contributed by atoms with E-state index in [4.69, 9.17) is 0 Å². The molecule has 0 amide bonds. The SMILES string of the molecule is CCCNC(CCC(C)C)Cc1ncnn1CC(C)C. The van der Waals surface area contributed by atoms with Gasteiger partial charge in [-0.25, -0.2) is 9.67 Å². The van der Waals surface area contributed by atoms with Crippen LogP contribution in [0.2, 0.25) is 0 Å². The molecule has 0 fully saturated rings. The number of aromatic nitrogens is 3. The molecule has 1 aromatic rings. The van der Waals surface area contributed by atoms with Crippen LogP contribution in [0.1, 0.15) is 59.7 Å². The third-order valence-corrected chi connectivity index (χ3v) is 3.44. The summed E-state index contributed by atoms with van der Waals surface area (Å²) in [6.45, 7) is 13.3. The van der Waals surface area contributed by atoms with Crippen molar-refractivity contribution < 1.29 is 0 Å². The molecule has 0 aliphatic carbocycles. The molecule has 0 bridgehead atoms. The van der Waals surface area contributed by atoms with Crippen molar-refractivity contribution in [3.05, 3.63) is 12.2 Å². The highest BCUT2D eigenvalue weighted by atomic mass is 15.3. The number of hydrogen-bond donors (Lipinski definition) is 1. The lowest BCUT2D eigenvalue weighted by Gasteiger charge is -2.20. The summed E-state index contributed by atoms with van der Waals surface area (Å²) in [7, 11) is 0. The minimum absolute atomic E-state index is 0.521. The maximum Gasteiger partial charge on any atom is 0.138 e. The fourth-order valence-electron chi connectivity index (χ4n) is 2.32. The Morgan fingerprint density at radius 1 is 1.15 bits per heavy atom. The number of nitrogens with zero attached hydrogens (tertiary/aromatic N) is 3. The standard InChI is InChI=1S/C16H32N4/c1-6-9-17-15(8-7-13(2)3)10-16-18-12-19-20(16)11-14(4)5/h12-15,17H,6-11H2,1-5H3. The Hall–Kier alpha value is -0.900. The molecule has 1 unspecified atom stereocenters. The van der Waals surface area contributed by atoms with Gasteiger partial charge in [-0.15, -0.1) is 0 Å². The Morgan fingerprint density at radius 3 is 2.50 bits per heavy atom. The van der Waals surface area contributed by atoms with E-state index >= 15 is 0 Å². The summed E-state index contributed by atoms with van der Waals surface area (Å²) in [6, 6.07) is 0.521. The quantitative estimate of drug-likeness (QED) is 0.715. The number of nitrogens with one attached hydrogen (secondary N) is 1. The molecule has 1 atom stereocenters. The highest BCUT2D eigenvalue weighted by Crippen LogP contribution is 2.11. The molecule has 0 aliphatic heterocycles. The average molecular weight is 280 g/mol. The van der Waals surface area contributed by atoms with Gasteiger partial charge >= 0.3 is 0 Å². The minimum Gasteiger partial charge on any atom is -0.314 e. The second-order valence-electron chi connectivity index (χ2n) is 6.58. The van der Waals surface area contributed by atoms with Gasteiger partial charge in [-0.05, 0) is 37.6 Å². The van der Waals surface area contributed by atoms with Gasteiger partial charge in [-0.3, -0.25) is 0 Å². The molecule has 0 radical (unpaired) electrons. The molecule has 0 spiro atoms. The molecule has 1 N–H and O–H groups in total. The Balaban J connectivity index is 2.60. The maximum absolute atomic E-state index is 4.46. The third kappa shape index (κ3) is 6.51. The Labute approximate surface area is 124 Å². The highest BCUT2D eigenvalue weighted by molar-refractivity contribution is 4.90. The molecular weight excluding hydrogens is 248 g/mol. The maximum atomic E-state index is 4.46. The molecule has 0 aliphatic rings. The second-order valence-corrected chi connectivity index (χ2v) is 6.58. The van der Waals surface area contributed by atoms with Crippen LogP contribution in [-0.4, -0.2) is 27.4 Å². The van der Waals surface area contributed by atoms with Crippen LogP contribution in [-0.2, 0) is 13.0 Å². The predicted molar refractivity (Wildman–Crippen MR) is 84.7 cm³/mol. The van der Waals surface area contributed by atoms with Gasteiger partial charge < -0.3 is 5.32 Å². The van der Waals surface area contributed by atoms with Gasteiger partial charge in [0.05, 0.1) is 0 Å². The van der Waals surface area contributed by atoms with Gasteiger partial charge in [0.15, 0.2) is 0 Å². The van der Waals surface area contributed by atoms with E-state index in [1.165, 1.54) is 19.3 Å². The summed E-state index contributed by atoms with van der Waals surface area (Å²) < 4.78 is 2.07. The summed E-state index contributed by atoms with van der Waals surface area (Å²) >= 11 is 0. The van der Waals surface area contributed by atoms with Gasteiger partial charge in [0.1, 0.15) is 12.2 Å². The zero-order valence-electron chi connectivity index (χ0n) is 13.9. The smallest absolute Gasteiger partial charge is 0.138 e. The second kappa shape index (κ2) is 9.11. The van der Waals surface area contributed by atoms with Crippen molar-refractivity contribution in [2.24, 2.45) is 11.8 Å². The molecule has 20 heavy (non-hydrogen) atoms. The van der Waals surface area contributed by atoms with E-state index in [0.29, 0.717) is 12.0 Å². The fraction of sp³-hybridized carbons (Fsp3) is 0.875. The first-order valence-electron chi connectivity index (χ1n) is 8.13. The summed E-state index contributed by atoms with van der Waals surface area (Å²) in [5.41, 5.74) is 0. The third-order valence-electron chi connectivity index (χ3n) is 3.44. The van der Waals surface area contributed by atoms with E-state index in [9.17, 15) is 0 Å². The zero-order chi connectivity index (χ0) is 15.0. The molecule has 0 saturated carbocycles. The lowest BCUT2D eigenvalue weighted by atomic mass is 10.0. The van der Waals surface area contributed by atoms with Crippen molar-refractivity contribution >= 4 is 0 Å². The Kier molecular flexibility index (Phi) is 7.82. The normalized spacial score (nSPS) is 13.3. The highest BCUT2D eigenvalue weighted by Gasteiger charge is 2.14. The van der Waals surface area contributed by atoms with Crippen LogP contribution >= 0.6 is 0 Å². The van der Waals surface area contributed by atoms with Crippen LogP contribution in [0.4, 0.5) is 0 Å². The molecule has 4 heteroatoms. The van der Waals surface area contributed by atoms with Gasteiger partial charge in [0.25, 0.3) is 0 Å². The van der Waals surface area contributed by atoms with Gasteiger partial charge in [0.2, 0.25) is 0 Å². The Morgan fingerprint density at radius 2 is 1.90 bits per heavy atom. The summed E-state index contributed by atoms with van der Waals surface area (Å²) in [5, 5.41) is 8.03. The van der Waals surface area contributed by atoms with Crippen LogP contribution in [0.3, 0.4) is 0 Å². The summed E-state index contributed by atoms with van der Waals surface area (Å²) in [6.07, 6.45) is 6.33. The first-order valence-corrected chi connectivity index (χ1v) is 8.13. The van der Waals surface area contributed by atoms with E-state index in [1.54, 1.807) is 6.33 Å². The first-order chi connectivity index (χ1) is 9.52. The van der Waals surface area contributed by atoms with Gasteiger partial charge in [-0.1, -0.05) is 34.6 Å². The fourth-order valence-corrected chi connectivity index (χ4v) is 2.32. The molecular formula is C16H32N4. The van der Waals surface area contributed by atoms with Crippen LogP contribution in [0.25, 0.3) is 0 Å². The molecule has 1 aromatic heterocycles. The molecule has 1 heterocycles. The van der Waals surface area contributed by atoms with Crippen molar-refractivity contribution in [3.8, 4) is 0 Å². The Bertz CT molecular complexity index is 357. The monoisotopic (exact) mass is 280 g/mol. The number of rotatable bonds is 10. The molecule has 0 saturated heterocycles. The lowest BCUT2D eigenvalue weighted by Crippen LogP contribution is -2.33. The minimum atomic E-state index is 0.521. The van der Waals surface area contributed by atoms with E-state index in [0.717, 1.165) is 31.3 Å². The van der Waals surface area contributed by atoms with Crippen molar-refractivity contribution in [1.29, 1.82) is 0 Å². The zero-order valence-corrected chi connectivity index (χ0v) is 13.9. The summed E-state index contributed by atoms with van der Waals surface area (Å²) in [4.78, 5) is 4.46. The molecule has 1 rings (SSSR count). The molecule has 116 valence electrons. The van der Waals surface area contributed by atoms with Crippen molar-refractivity contribution in [2.75, 3.05) is 6.54 Å². The van der Waals surface area contributed by atoms with Crippen LogP contribution in [0.5, 0.6) is 0 Å². The van der Waals surface area contributed by atoms with Crippen molar-refractivity contribution in [1.82, 2.24) is 20.1 Å². The average Bonchev–Trinajstić information content (AvgIpc) is 2.79. The van der Waals surface area contributed by atoms with Crippen LogP contribution in [0.15, 0.2) is 6.33 Å². The largest absolute Gasteiger partial charge is 0.314 e. The molecule has 0 aromatic carbocycles. The van der Waals surface area contributed by atoms with E-state index in [2.05, 4.69) is 54.7 Å². The van der Waals surface area contributed by atoms with Gasteiger partial charge in [0, 0.05) is 19.0 Å². The first kappa shape index (κ1) is 17.2.